The topological polar surface area (TPSA) is 339 Å². The van der Waals surface area contributed by atoms with E-state index in [0.29, 0.717) is 49.1 Å². The number of nitrogens with zero attached hydrogens (tertiary/aromatic N) is 2. The monoisotopic (exact) mass is 1010 g/mol. The standard InChI is InChI=1S/C52H71N11O10/c1-31(2)26-40(47(68)59-39(10-6-24-56-52(54)55)51(72)63-25-7-11-44(63)45(66)22-23-53)60-49(70)42(28-34-29-57-38-9-5-4-8-37(34)38)62-48(69)41(27-33-12-17-35(65)18-13-33)61-50(71)43(30-64)58-46(67)21-16-32-14-19-36(73-3)20-15-32/h4-5,8-9,12-15,17-20,29,31,39-44,57,64-65H,6-7,10-11,16,21-28,30,53H2,1-3H3,(H,58,67)(H,59,68)(H,60,70)(H,61,71)(H,62,69)(H4,54,55,56)/t39-,40-,41-,42+,43-,44-/m0/s1. The Bertz CT molecular complexity index is 2530. The second-order valence-corrected chi connectivity index (χ2v) is 18.6. The number of nitrogens with one attached hydrogen (secondary N) is 6. The predicted octanol–water partition coefficient (Wildman–Crippen LogP) is 0.725. The van der Waals surface area contributed by atoms with Crippen LogP contribution in [0.15, 0.2) is 84.0 Å². The molecule has 21 heteroatoms. The number of phenols is 1. The Hall–Kier alpha value is -7.52. The van der Waals surface area contributed by atoms with Crippen LogP contribution < -0.4 is 48.5 Å². The van der Waals surface area contributed by atoms with Gasteiger partial charge in [-0.1, -0.05) is 56.3 Å². The lowest BCUT2D eigenvalue weighted by Gasteiger charge is -2.30. The molecule has 4 aromatic rings. The number of methoxy groups -OCH3 is 1. The van der Waals surface area contributed by atoms with Crippen molar-refractivity contribution in [3.8, 4) is 11.5 Å². The molecule has 6 amide bonds. The summed E-state index contributed by atoms with van der Waals surface area (Å²) in [4.78, 5) is 107. The maximum atomic E-state index is 14.8. The fourth-order valence-electron chi connectivity index (χ4n) is 8.74. The van der Waals surface area contributed by atoms with Crippen molar-refractivity contribution < 1.29 is 48.5 Å². The van der Waals surface area contributed by atoms with Crippen LogP contribution in [0, 0.1) is 5.92 Å². The van der Waals surface area contributed by atoms with Gasteiger partial charge < -0.3 is 68.6 Å². The van der Waals surface area contributed by atoms with Crippen molar-refractivity contribution in [3.63, 3.8) is 0 Å². The number of aryl methyl sites for hydroxylation is 1. The first-order valence-electron chi connectivity index (χ1n) is 24.7. The largest absolute Gasteiger partial charge is 0.508 e. The van der Waals surface area contributed by atoms with E-state index < -0.39 is 78.3 Å². The Morgan fingerprint density at radius 1 is 0.781 bits per heavy atom. The molecule has 1 aliphatic rings. The maximum Gasteiger partial charge on any atom is 0.245 e. The van der Waals surface area contributed by atoms with E-state index in [9.17, 15) is 43.8 Å². The molecule has 1 aromatic heterocycles. The van der Waals surface area contributed by atoms with Crippen molar-refractivity contribution in [3.05, 3.63) is 95.7 Å². The molecular formula is C52H71N11O10. The molecule has 3 aromatic carbocycles. The third-order valence-corrected chi connectivity index (χ3v) is 12.6. The summed E-state index contributed by atoms with van der Waals surface area (Å²) in [6.45, 7) is 3.50. The highest BCUT2D eigenvalue weighted by atomic mass is 16.5. The lowest BCUT2D eigenvalue weighted by Crippen LogP contribution is -2.60. The number of aliphatic imine (C=N–C) groups is 1. The number of para-hydroxylation sites is 1. The van der Waals surface area contributed by atoms with Crippen LogP contribution in [-0.4, -0.2) is 137 Å². The highest BCUT2D eigenvalue weighted by Crippen LogP contribution is 2.23. The number of fused-ring (bicyclic) bond motifs is 1. The molecule has 2 heterocycles. The zero-order chi connectivity index (χ0) is 53.0. The van der Waals surface area contributed by atoms with Crippen molar-refractivity contribution in [2.45, 2.75) is 114 Å². The van der Waals surface area contributed by atoms with Gasteiger partial charge in [0.25, 0.3) is 0 Å². The molecule has 1 aliphatic heterocycles. The quantitative estimate of drug-likeness (QED) is 0.0213. The summed E-state index contributed by atoms with van der Waals surface area (Å²) in [6, 6.07) is 13.2. The Labute approximate surface area is 424 Å². The van der Waals surface area contributed by atoms with Crippen LogP contribution >= 0.6 is 0 Å². The molecule has 0 saturated carbocycles. The number of hydrogen-bond acceptors (Lipinski definition) is 12. The number of aliphatic hydroxyl groups excluding tert-OH is 1. The first kappa shape index (κ1) is 56.4. The van der Waals surface area contributed by atoms with E-state index in [0.717, 1.165) is 16.5 Å². The molecular weight excluding hydrogens is 939 g/mol. The molecule has 73 heavy (non-hydrogen) atoms. The van der Waals surface area contributed by atoms with Crippen molar-refractivity contribution in [1.82, 2.24) is 36.5 Å². The van der Waals surface area contributed by atoms with Crippen LogP contribution in [0.4, 0.5) is 0 Å². The number of H-pyrrole nitrogens is 1. The minimum atomic E-state index is -1.45. The number of Topliss-reactive ketones (excluding diaryl/α,β-unsaturated/α-hetero) is 1. The Balaban J connectivity index is 1.40. The highest BCUT2D eigenvalue weighted by Gasteiger charge is 2.39. The van der Waals surface area contributed by atoms with Crippen LogP contribution in [0.5, 0.6) is 11.5 Å². The summed E-state index contributed by atoms with van der Waals surface area (Å²) in [7, 11) is 1.54. The summed E-state index contributed by atoms with van der Waals surface area (Å²) >= 11 is 0. The van der Waals surface area contributed by atoms with E-state index in [1.807, 2.05) is 38.1 Å². The SMILES string of the molecule is COc1ccc(CCC(=O)N[C@@H](CO)C(=O)N[C@@H](Cc2ccc(O)cc2)C(=O)N[C@H](Cc2c[nH]c3ccccc23)C(=O)N[C@@H](CC(C)C)C(=O)N[C@@H](CCCN=C(N)N)C(=O)N2CCC[C@H]2C(=O)CCN)cc1. The summed E-state index contributed by atoms with van der Waals surface area (Å²) in [5.74, 6) is -3.98. The van der Waals surface area contributed by atoms with Gasteiger partial charge in [0.15, 0.2) is 11.7 Å². The molecule has 14 N–H and O–H groups in total. The van der Waals surface area contributed by atoms with E-state index in [1.165, 1.54) is 17.0 Å². The summed E-state index contributed by atoms with van der Waals surface area (Å²) < 4.78 is 5.19. The van der Waals surface area contributed by atoms with Crippen molar-refractivity contribution >= 4 is 58.1 Å². The van der Waals surface area contributed by atoms with Gasteiger partial charge in [-0.2, -0.15) is 0 Å². The van der Waals surface area contributed by atoms with Gasteiger partial charge >= 0.3 is 0 Å². The van der Waals surface area contributed by atoms with Gasteiger partial charge in [0.05, 0.1) is 19.8 Å². The number of aromatic hydroxyl groups is 1. The average molecular weight is 1010 g/mol. The maximum absolute atomic E-state index is 14.8. The number of carbonyl (C=O) groups is 7. The highest BCUT2D eigenvalue weighted by molar-refractivity contribution is 5.98. The van der Waals surface area contributed by atoms with Crippen LogP contribution in [-0.2, 0) is 52.8 Å². The van der Waals surface area contributed by atoms with Crippen LogP contribution in [0.25, 0.3) is 10.9 Å². The number of aromatic amines is 1. The number of benzene rings is 3. The van der Waals surface area contributed by atoms with Gasteiger partial charge in [-0.25, -0.2) is 0 Å². The molecule has 1 fully saturated rings. The number of ether oxygens (including phenoxy) is 1. The average Bonchev–Trinajstić information content (AvgIpc) is 4.03. The Morgan fingerprint density at radius 3 is 2.04 bits per heavy atom. The summed E-state index contributed by atoms with van der Waals surface area (Å²) in [6.07, 6.45) is 3.45. The molecule has 0 bridgehead atoms. The molecule has 1 saturated heterocycles. The van der Waals surface area contributed by atoms with Crippen molar-refractivity contribution in [1.29, 1.82) is 0 Å². The van der Waals surface area contributed by atoms with Crippen LogP contribution in [0.2, 0.25) is 0 Å². The fourth-order valence-corrected chi connectivity index (χ4v) is 8.74. The number of aromatic nitrogens is 1. The normalized spacial score (nSPS) is 15.3. The first-order chi connectivity index (χ1) is 35.0. The van der Waals surface area contributed by atoms with E-state index in [4.69, 9.17) is 21.9 Å². The van der Waals surface area contributed by atoms with Gasteiger partial charge in [0.1, 0.15) is 41.7 Å². The molecule has 0 spiro atoms. The predicted molar refractivity (Wildman–Crippen MR) is 275 cm³/mol. The molecule has 6 atom stereocenters. The minimum absolute atomic E-state index is 0.0144. The second kappa shape index (κ2) is 27.9. The molecule has 21 nitrogen and oxygen atoms in total. The first-order valence-corrected chi connectivity index (χ1v) is 24.7. The summed E-state index contributed by atoms with van der Waals surface area (Å²) in [5, 5.41) is 34.8. The van der Waals surface area contributed by atoms with Gasteiger partial charge in [-0.3, -0.25) is 38.6 Å². The third-order valence-electron chi connectivity index (χ3n) is 12.6. The minimum Gasteiger partial charge on any atom is -0.508 e. The number of nitrogens with two attached hydrogens (primary N) is 3. The number of ketones is 1. The molecule has 5 rings (SSSR count). The second-order valence-electron chi connectivity index (χ2n) is 18.6. The van der Waals surface area contributed by atoms with Gasteiger partial charge in [0.2, 0.25) is 35.4 Å². The van der Waals surface area contributed by atoms with Gasteiger partial charge in [0, 0.05) is 55.9 Å². The number of carbonyl (C=O) groups excluding carboxylic acids is 7. The van der Waals surface area contributed by atoms with Crippen molar-refractivity contribution in [2.75, 3.05) is 33.4 Å². The van der Waals surface area contributed by atoms with Gasteiger partial charge in [-0.05, 0) is 98.0 Å². The molecule has 394 valence electrons. The Morgan fingerprint density at radius 2 is 1.40 bits per heavy atom. The van der Waals surface area contributed by atoms with Crippen molar-refractivity contribution in [2.24, 2.45) is 28.1 Å². The van der Waals surface area contributed by atoms with Crippen LogP contribution in [0.3, 0.4) is 0 Å². The van der Waals surface area contributed by atoms with Gasteiger partial charge in [-0.15, -0.1) is 0 Å². The number of likely N-dealkylation sites (tertiary alicyclic amines) is 1. The number of hydrogen-bond donors (Lipinski definition) is 11. The van der Waals surface area contributed by atoms with E-state index in [1.54, 1.807) is 49.7 Å². The lowest BCUT2D eigenvalue weighted by molar-refractivity contribution is -0.141. The van der Waals surface area contributed by atoms with Crippen LogP contribution in [0.1, 0.15) is 75.5 Å². The third kappa shape index (κ3) is 17.1. The smallest absolute Gasteiger partial charge is 0.245 e. The molecule has 0 radical (unpaired) electrons. The Kier molecular flexibility index (Phi) is 21.6. The zero-order valence-corrected chi connectivity index (χ0v) is 41.7. The molecule has 0 aliphatic carbocycles. The van der Waals surface area contributed by atoms with E-state index in [2.05, 4.69) is 36.6 Å². The molecule has 0 unspecified atom stereocenters. The number of guanidine groups is 1. The fraction of sp³-hybridized carbons (Fsp3) is 0.462. The number of phenolic OH excluding ortho intramolecular Hbond substituents is 1. The number of rotatable bonds is 28. The summed E-state index contributed by atoms with van der Waals surface area (Å²) in [5.41, 5.74) is 19.5. The zero-order valence-electron chi connectivity index (χ0n) is 41.7. The lowest BCUT2D eigenvalue weighted by atomic mass is 9.99. The van der Waals surface area contributed by atoms with E-state index >= 15 is 0 Å². The van der Waals surface area contributed by atoms with E-state index in [-0.39, 0.29) is 75.0 Å². The number of aliphatic hydroxyl groups is 1. The number of amides is 6.